The number of oxazole rings is 1. The van der Waals surface area contributed by atoms with Crippen molar-refractivity contribution >= 4 is 28.7 Å². The van der Waals surface area contributed by atoms with Crippen molar-refractivity contribution in [1.29, 1.82) is 0 Å². The van der Waals surface area contributed by atoms with E-state index in [-0.39, 0.29) is 12.8 Å². The maximum atomic E-state index is 11.4. The molecule has 0 aliphatic carbocycles. The molecule has 0 aliphatic heterocycles. The van der Waals surface area contributed by atoms with Crippen LogP contribution in [-0.4, -0.2) is 22.0 Å². The fourth-order valence-electron chi connectivity index (χ4n) is 1.47. The van der Waals surface area contributed by atoms with Crippen molar-refractivity contribution in [2.24, 2.45) is 0 Å². The van der Waals surface area contributed by atoms with Crippen LogP contribution in [0.3, 0.4) is 0 Å². The van der Waals surface area contributed by atoms with Gasteiger partial charge in [-0.15, -0.1) is 0 Å². The molecule has 1 aromatic heterocycles. The van der Waals surface area contributed by atoms with Gasteiger partial charge in [-0.3, -0.25) is 14.6 Å². The van der Waals surface area contributed by atoms with Crippen LogP contribution in [0.1, 0.15) is 12.8 Å². The lowest BCUT2D eigenvalue weighted by molar-refractivity contribution is -0.138. The molecular formula is C11H10N2O5. The fourth-order valence-corrected chi connectivity index (χ4v) is 1.47. The molecule has 0 unspecified atom stereocenters. The van der Waals surface area contributed by atoms with Gasteiger partial charge < -0.3 is 14.8 Å². The Labute approximate surface area is 100 Å². The van der Waals surface area contributed by atoms with Crippen molar-refractivity contribution in [3.8, 4) is 0 Å². The standard InChI is InChI=1S/C11H10N2O5/c14-9(3-4-10(15)16)12-6-1-2-8-7(5-6)13-11(17)18-8/h1-2,5H,3-4H2,(H,12,14)(H,13,17)(H,15,16). The minimum absolute atomic E-state index is 0.102. The Bertz CT molecular complexity index is 655. The van der Waals surface area contributed by atoms with Crippen LogP contribution in [0, 0.1) is 0 Å². The number of carbonyl (C=O) groups is 2. The van der Waals surface area contributed by atoms with Crippen LogP contribution >= 0.6 is 0 Å². The van der Waals surface area contributed by atoms with Crippen molar-refractivity contribution in [2.75, 3.05) is 5.32 Å². The molecule has 2 rings (SSSR count). The number of aromatic amines is 1. The summed E-state index contributed by atoms with van der Waals surface area (Å²) in [6.07, 6.45) is -0.327. The highest BCUT2D eigenvalue weighted by molar-refractivity contribution is 5.94. The fraction of sp³-hybridized carbons (Fsp3) is 0.182. The van der Waals surface area contributed by atoms with Crippen LogP contribution in [0.15, 0.2) is 27.4 Å². The number of amides is 1. The van der Waals surface area contributed by atoms with Crippen LogP contribution < -0.4 is 11.1 Å². The molecule has 1 amide bonds. The summed E-state index contributed by atoms with van der Waals surface area (Å²) in [6.45, 7) is 0. The highest BCUT2D eigenvalue weighted by Gasteiger charge is 2.07. The molecule has 3 N–H and O–H groups in total. The van der Waals surface area contributed by atoms with Crippen LogP contribution in [0.4, 0.5) is 5.69 Å². The summed E-state index contributed by atoms with van der Waals surface area (Å²) in [6, 6.07) is 4.65. The summed E-state index contributed by atoms with van der Waals surface area (Å²) in [7, 11) is 0. The lowest BCUT2D eigenvalue weighted by atomic mass is 10.2. The maximum absolute atomic E-state index is 11.4. The van der Waals surface area contributed by atoms with Crippen molar-refractivity contribution < 1.29 is 19.1 Å². The molecule has 1 aromatic carbocycles. The van der Waals surface area contributed by atoms with Crippen molar-refractivity contribution in [3.05, 3.63) is 28.7 Å². The molecule has 0 fully saturated rings. The average molecular weight is 250 g/mol. The molecule has 7 heteroatoms. The highest BCUT2D eigenvalue weighted by atomic mass is 16.4. The molecular weight excluding hydrogens is 240 g/mol. The molecule has 1 heterocycles. The smallest absolute Gasteiger partial charge is 0.417 e. The molecule has 0 radical (unpaired) electrons. The normalized spacial score (nSPS) is 10.4. The van der Waals surface area contributed by atoms with E-state index < -0.39 is 17.6 Å². The Morgan fingerprint density at radius 3 is 2.83 bits per heavy atom. The number of carboxylic acids is 1. The minimum atomic E-state index is -1.03. The minimum Gasteiger partial charge on any atom is -0.481 e. The van der Waals surface area contributed by atoms with Gasteiger partial charge in [0.25, 0.3) is 0 Å². The van der Waals surface area contributed by atoms with Gasteiger partial charge in [-0.1, -0.05) is 0 Å². The number of fused-ring (bicyclic) bond motifs is 1. The first-order valence-corrected chi connectivity index (χ1v) is 5.19. The van der Waals surface area contributed by atoms with E-state index >= 15 is 0 Å². The van der Waals surface area contributed by atoms with Gasteiger partial charge in [0.05, 0.1) is 11.9 Å². The zero-order valence-electron chi connectivity index (χ0n) is 9.23. The SMILES string of the molecule is O=C(O)CCC(=O)Nc1ccc2oc(=O)[nH]c2c1. The number of anilines is 1. The Morgan fingerprint density at radius 2 is 2.11 bits per heavy atom. The van der Waals surface area contributed by atoms with Gasteiger partial charge in [0.15, 0.2) is 5.58 Å². The summed E-state index contributed by atoms with van der Waals surface area (Å²) in [5, 5.41) is 11.0. The number of hydrogen-bond acceptors (Lipinski definition) is 4. The summed E-state index contributed by atoms with van der Waals surface area (Å²) in [4.78, 5) is 35.1. The van der Waals surface area contributed by atoms with E-state index in [1.807, 2.05) is 0 Å². The molecule has 94 valence electrons. The predicted molar refractivity (Wildman–Crippen MR) is 62.3 cm³/mol. The number of H-pyrrole nitrogens is 1. The molecule has 0 atom stereocenters. The Hall–Kier alpha value is -2.57. The summed E-state index contributed by atoms with van der Waals surface area (Å²) in [5.41, 5.74) is 1.33. The molecule has 0 aliphatic rings. The third kappa shape index (κ3) is 2.76. The Kier molecular flexibility index (Phi) is 3.13. The molecule has 2 aromatic rings. The number of carbonyl (C=O) groups excluding carboxylic acids is 1. The monoisotopic (exact) mass is 250 g/mol. The first kappa shape index (κ1) is 11.9. The third-order valence-electron chi connectivity index (χ3n) is 2.27. The molecule has 0 saturated heterocycles. The Balaban J connectivity index is 2.09. The predicted octanol–water partition coefficient (Wildman–Crippen LogP) is 0.924. The van der Waals surface area contributed by atoms with Crippen LogP contribution in [0.25, 0.3) is 11.1 Å². The Morgan fingerprint density at radius 1 is 1.33 bits per heavy atom. The maximum Gasteiger partial charge on any atom is 0.417 e. The van der Waals surface area contributed by atoms with Crippen molar-refractivity contribution in [3.63, 3.8) is 0 Å². The summed E-state index contributed by atoms with van der Waals surface area (Å²) < 4.78 is 4.81. The van der Waals surface area contributed by atoms with E-state index in [1.165, 1.54) is 0 Å². The van der Waals surface area contributed by atoms with Crippen molar-refractivity contribution in [1.82, 2.24) is 4.98 Å². The quantitative estimate of drug-likeness (QED) is 0.747. The third-order valence-corrected chi connectivity index (χ3v) is 2.27. The van der Waals surface area contributed by atoms with Crippen LogP contribution in [0.2, 0.25) is 0 Å². The lowest BCUT2D eigenvalue weighted by Crippen LogP contribution is -2.13. The van der Waals surface area contributed by atoms with E-state index in [9.17, 15) is 14.4 Å². The average Bonchev–Trinajstić information content (AvgIpc) is 2.66. The molecule has 0 bridgehead atoms. The number of nitrogens with one attached hydrogen (secondary N) is 2. The molecule has 7 nitrogen and oxygen atoms in total. The number of hydrogen-bond donors (Lipinski definition) is 3. The number of benzene rings is 1. The van der Waals surface area contributed by atoms with Crippen LogP contribution in [-0.2, 0) is 9.59 Å². The zero-order valence-corrected chi connectivity index (χ0v) is 9.23. The van der Waals surface area contributed by atoms with Gasteiger partial charge in [0.2, 0.25) is 5.91 Å². The van der Waals surface area contributed by atoms with Gasteiger partial charge in [0.1, 0.15) is 0 Å². The molecule has 0 spiro atoms. The van der Waals surface area contributed by atoms with E-state index in [1.54, 1.807) is 18.2 Å². The second kappa shape index (κ2) is 4.74. The second-order valence-electron chi connectivity index (χ2n) is 3.67. The largest absolute Gasteiger partial charge is 0.481 e. The zero-order chi connectivity index (χ0) is 13.1. The lowest BCUT2D eigenvalue weighted by Gasteiger charge is -2.03. The van der Waals surface area contributed by atoms with E-state index in [0.29, 0.717) is 16.8 Å². The number of aromatic nitrogens is 1. The van der Waals surface area contributed by atoms with Gasteiger partial charge in [0, 0.05) is 12.1 Å². The second-order valence-corrected chi connectivity index (χ2v) is 3.67. The summed E-state index contributed by atoms with van der Waals surface area (Å²) >= 11 is 0. The van der Waals surface area contributed by atoms with E-state index in [2.05, 4.69) is 10.3 Å². The van der Waals surface area contributed by atoms with Crippen molar-refractivity contribution in [2.45, 2.75) is 12.8 Å². The van der Waals surface area contributed by atoms with Gasteiger partial charge >= 0.3 is 11.7 Å². The van der Waals surface area contributed by atoms with Gasteiger partial charge in [-0.05, 0) is 18.2 Å². The summed E-state index contributed by atoms with van der Waals surface area (Å²) in [5.74, 6) is -2.00. The topological polar surface area (TPSA) is 112 Å². The van der Waals surface area contributed by atoms with E-state index in [0.717, 1.165) is 0 Å². The van der Waals surface area contributed by atoms with Gasteiger partial charge in [-0.25, -0.2) is 4.79 Å². The molecule has 0 saturated carbocycles. The number of rotatable bonds is 4. The number of aliphatic carboxylic acids is 1. The van der Waals surface area contributed by atoms with Crippen LogP contribution in [0.5, 0.6) is 0 Å². The highest BCUT2D eigenvalue weighted by Crippen LogP contribution is 2.16. The number of carboxylic acid groups (broad SMARTS) is 1. The first-order chi connectivity index (χ1) is 8.54. The first-order valence-electron chi connectivity index (χ1n) is 5.19. The van der Waals surface area contributed by atoms with Gasteiger partial charge in [-0.2, -0.15) is 0 Å². The van der Waals surface area contributed by atoms with E-state index in [4.69, 9.17) is 9.52 Å². The molecule has 18 heavy (non-hydrogen) atoms.